The van der Waals surface area contributed by atoms with Gasteiger partial charge in [0.1, 0.15) is 22.9 Å². The first-order valence-electron chi connectivity index (χ1n) is 11.3. The van der Waals surface area contributed by atoms with Crippen LogP contribution in [0.25, 0.3) is 10.2 Å². The molecule has 4 rings (SSSR count). The zero-order valence-electron chi connectivity index (χ0n) is 19.4. The third kappa shape index (κ3) is 6.13. The second-order valence-corrected chi connectivity index (χ2v) is 12.5. The van der Waals surface area contributed by atoms with E-state index in [0.29, 0.717) is 5.88 Å². The van der Waals surface area contributed by atoms with Crippen molar-refractivity contribution in [3.63, 3.8) is 0 Å². The van der Waals surface area contributed by atoms with Crippen LogP contribution in [0.15, 0.2) is 6.33 Å². The van der Waals surface area contributed by atoms with Crippen LogP contribution in [-0.4, -0.2) is 55.1 Å². The van der Waals surface area contributed by atoms with Crippen LogP contribution in [-0.2, 0) is 25.5 Å². The van der Waals surface area contributed by atoms with E-state index in [4.69, 9.17) is 13.7 Å². The Kier molecular flexibility index (Phi) is 6.84. The summed E-state index contributed by atoms with van der Waals surface area (Å²) >= 11 is 1.61. The number of carbonyl (C=O) groups is 1. The molecule has 2 aromatic heterocycles. The second kappa shape index (κ2) is 9.34. The van der Waals surface area contributed by atoms with Gasteiger partial charge in [0, 0.05) is 16.8 Å². The van der Waals surface area contributed by atoms with Crippen LogP contribution in [0.3, 0.4) is 0 Å². The predicted molar refractivity (Wildman–Crippen MR) is 125 cm³/mol. The molecule has 2 aliphatic carbocycles. The summed E-state index contributed by atoms with van der Waals surface area (Å²) in [4.78, 5) is 22.9. The molecule has 2 aromatic rings. The number of ether oxygens (including phenoxy) is 2. The molecule has 1 N–H and O–H groups in total. The summed E-state index contributed by atoms with van der Waals surface area (Å²) in [5.74, 6) is 0.526. The highest BCUT2D eigenvalue weighted by molar-refractivity contribution is 7.85. The van der Waals surface area contributed by atoms with Gasteiger partial charge in [-0.15, -0.1) is 11.3 Å². The Hall–Kier alpha value is -1.98. The zero-order chi connectivity index (χ0) is 23.8. The maximum atomic E-state index is 12.0. The maximum Gasteiger partial charge on any atom is 0.407 e. The molecular weight excluding hydrogens is 466 g/mol. The number of amides is 1. The van der Waals surface area contributed by atoms with Gasteiger partial charge in [-0.25, -0.2) is 14.8 Å². The number of fused-ring (bicyclic) bond motifs is 3. The van der Waals surface area contributed by atoms with Crippen molar-refractivity contribution in [1.82, 2.24) is 15.3 Å². The Morgan fingerprint density at radius 3 is 2.58 bits per heavy atom. The summed E-state index contributed by atoms with van der Waals surface area (Å²) in [6.45, 7) is 5.66. The normalized spacial score (nSPS) is 23.3. The van der Waals surface area contributed by atoms with Crippen molar-refractivity contribution in [2.75, 3.05) is 12.9 Å². The standard InChI is InChI=1S/C22H31N3O6S2/c1-22(2,3)31-21(26)25-14-6-8-15(9-7-14)30-19-18-17-13(11-29-33(4,27)28)5-10-16(17)32-20(18)24-12-23-19/h12-15H,5-11H2,1-4H3,(H,25,26)/t13-,14-,15-/m1/s1. The Labute approximate surface area is 198 Å². The monoisotopic (exact) mass is 497 g/mol. The van der Waals surface area contributed by atoms with Crippen molar-refractivity contribution in [2.24, 2.45) is 0 Å². The first kappa shape index (κ1) is 24.2. The van der Waals surface area contributed by atoms with E-state index in [1.807, 2.05) is 20.8 Å². The Morgan fingerprint density at radius 1 is 1.18 bits per heavy atom. The van der Waals surface area contributed by atoms with Crippen LogP contribution >= 0.6 is 11.3 Å². The molecule has 11 heteroatoms. The van der Waals surface area contributed by atoms with Gasteiger partial charge in [-0.05, 0) is 64.9 Å². The van der Waals surface area contributed by atoms with E-state index >= 15 is 0 Å². The van der Waals surface area contributed by atoms with Crippen molar-refractivity contribution < 1.29 is 26.9 Å². The van der Waals surface area contributed by atoms with Gasteiger partial charge < -0.3 is 14.8 Å². The average Bonchev–Trinajstić information content (AvgIpc) is 3.25. The third-order valence-corrected chi connectivity index (χ3v) is 7.59. The summed E-state index contributed by atoms with van der Waals surface area (Å²) < 4.78 is 39.8. The lowest BCUT2D eigenvalue weighted by atomic mass is 9.93. The molecule has 1 saturated carbocycles. The van der Waals surface area contributed by atoms with Crippen LogP contribution in [0.4, 0.5) is 4.79 Å². The van der Waals surface area contributed by atoms with Gasteiger partial charge in [0.05, 0.1) is 18.2 Å². The van der Waals surface area contributed by atoms with Gasteiger partial charge in [0.15, 0.2) is 0 Å². The number of aryl methyl sites for hydroxylation is 1. The molecule has 9 nitrogen and oxygen atoms in total. The molecule has 0 aliphatic heterocycles. The van der Waals surface area contributed by atoms with Gasteiger partial charge in [0.2, 0.25) is 5.88 Å². The number of carbonyl (C=O) groups excluding carboxylic acids is 1. The molecule has 0 unspecified atom stereocenters. The molecular formula is C22H31N3O6S2. The molecule has 0 aromatic carbocycles. The number of rotatable bonds is 6. The first-order valence-corrected chi connectivity index (χ1v) is 13.9. The van der Waals surface area contributed by atoms with E-state index in [2.05, 4.69) is 15.3 Å². The molecule has 0 radical (unpaired) electrons. The number of thiophene rings is 1. The molecule has 182 valence electrons. The van der Waals surface area contributed by atoms with Crippen molar-refractivity contribution in [3.8, 4) is 5.88 Å². The van der Waals surface area contributed by atoms with Crippen LogP contribution in [0.2, 0.25) is 0 Å². The van der Waals surface area contributed by atoms with Crippen LogP contribution < -0.4 is 10.1 Å². The minimum Gasteiger partial charge on any atom is -0.474 e. The summed E-state index contributed by atoms with van der Waals surface area (Å²) in [5, 5.41) is 3.83. The summed E-state index contributed by atoms with van der Waals surface area (Å²) in [6.07, 6.45) is 7.06. The lowest BCUT2D eigenvalue weighted by Gasteiger charge is -2.30. The SMILES string of the molecule is CC(C)(C)OC(=O)N[C@H]1CC[C@H](Oc2ncnc3sc4c(c23)[C@@H](COS(C)(=O)=O)CC4)CC1. The fourth-order valence-electron chi connectivity index (χ4n) is 4.46. The molecule has 2 aliphatic rings. The van der Waals surface area contributed by atoms with E-state index in [0.717, 1.165) is 60.6 Å². The zero-order valence-corrected chi connectivity index (χ0v) is 21.1. The number of aromatic nitrogens is 2. The predicted octanol–water partition coefficient (Wildman–Crippen LogP) is 3.91. The molecule has 2 heterocycles. The van der Waals surface area contributed by atoms with Gasteiger partial charge >= 0.3 is 6.09 Å². The number of alkyl carbamates (subject to hydrolysis) is 1. The molecule has 0 bridgehead atoms. The summed E-state index contributed by atoms with van der Waals surface area (Å²) in [7, 11) is -3.51. The van der Waals surface area contributed by atoms with E-state index in [1.165, 1.54) is 11.2 Å². The number of hydrogen-bond donors (Lipinski definition) is 1. The van der Waals surface area contributed by atoms with Crippen molar-refractivity contribution >= 4 is 37.8 Å². The van der Waals surface area contributed by atoms with Crippen LogP contribution in [0.1, 0.15) is 69.2 Å². The fraction of sp³-hybridized carbons (Fsp3) is 0.682. The summed E-state index contributed by atoms with van der Waals surface area (Å²) in [6, 6.07) is 0.0630. The number of nitrogens with one attached hydrogen (secondary N) is 1. The fourth-order valence-corrected chi connectivity index (χ4v) is 6.10. The van der Waals surface area contributed by atoms with Gasteiger partial charge in [-0.3, -0.25) is 4.18 Å². The van der Waals surface area contributed by atoms with Crippen LogP contribution in [0.5, 0.6) is 5.88 Å². The lowest BCUT2D eigenvalue weighted by Crippen LogP contribution is -2.42. The molecule has 1 amide bonds. The van der Waals surface area contributed by atoms with Gasteiger partial charge in [-0.1, -0.05) is 0 Å². The quantitative estimate of drug-likeness (QED) is 0.597. The first-order chi connectivity index (χ1) is 15.5. The lowest BCUT2D eigenvalue weighted by molar-refractivity contribution is 0.0470. The largest absolute Gasteiger partial charge is 0.474 e. The molecule has 1 atom stereocenters. The molecule has 33 heavy (non-hydrogen) atoms. The Balaban J connectivity index is 1.42. The Bertz CT molecular complexity index is 1120. The van der Waals surface area contributed by atoms with Crippen molar-refractivity contribution in [2.45, 2.75) is 83.0 Å². The maximum absolute atomic E-state index is 12.0. The summed E-state index contributed by atoms with van der Waals surface area (Å²) in [5.41, 5.74) is 0.544. The number of hydrogen-bond acceptors (Lipinski definition) is 9. The molecule has 0 saturated heterocycles. The Morgan fingerprint density at radius 2 is 1.91 bits per heavy atom. The highest BCUT2D eigenvalue weighted by Crippen LogP contribution is 2.46. The average molecular weight is 498 g/mol. The smallest absolute Gasteiger partial charge is 0.407 e. The minimum atomic E-state index is -3.51. The van der Waals surface area contributed by atoms with E-state index < -0.39 is 15.7 Å². The highest BCUT2D eigenvalue weighted by atomic mass is 32.2. The third-order valence-electron chi connectivity index (χ3n) is 5.85. The van der Waals surface area contributed by atoms with E-state index in [1.54, 1.807) is 11.3 Å². The molecule has 0 spiro atoms. The van der Waals surface area contributed by atoms with Crippen LogP contribution in [0, 0.1) is 0 Å². The highest BCUT2D eigenvalue weighted by Gasteiger charge is 2.32. The second-order valence-electron chi connectivity index (χ2n) is 9.76. The topological polar surface area (TPSA) is 117 Å². The minimum absolute atomic E-state index is 0.0116. The van der Waals surface area contributed by atoms with Crippen molar-refractivity contribution in [3.05, 3.63) is 16.8 Å². The van der Waals surface area contributed by atoms with E-state index in [-0.39, 0.29) is 30.8 Å². The van der Waals surface area contributed by atoms with Gasteiger partial charge in [-0.2, -0.15) is 8.42 Å². The van der Waals surface area contributed by atoms with E-state index in [9.17, 15) is 13.2 Å². The van der Waals surface area contributed by atoms with Crippen molar-refractivity contribution in [1.29, 1.82) is 0 Å². The molecule has 1 fully saturated rings. The van der Waals surface area contributed by atoms with Gasteiger partial charge in [0.25, 0.3) is 10.1 Å². The number of nitrogens with zero attached hydrogens (tertiary/aromatic N) is 2.